The van der Waals surface area contributed by atoms with Gasteiger partial charge in [-0.1, -0.05) is 18.2 Å². The molecule has 0 aliphatic carbocycles. The third-order valence-corrected chi connectivity index (χ3v) is 2.82. The Morgan fingerprint density at radius 1 is 1.10 bits per heavy atom. The normalized spacial score (nSPS) is 10.1. The van der Waals surface area contributed by atoms with Crippen LogP contribution in [-0.2, 0) is 0 Å². The van der Waals surface area contributed by atoms with Crippen molar-refractivity contribution in [2.45, 2.75) is 0 Å². The molecule has 0 bridgehead atoms. The zero-order valence-electron chi connectivity index (χ0n) is 10.6. The summed E-state index contributed by atoms with van der Waals surface area (Å²) in [7, 11) is 1.32. The highest BCUT2D eigenvalue weighted by Crippen LogP contribution is 2.21. The summed E-state index contributed by atoms with van der Waals surface area (Å²) in [5.41, 5.74) is -0.0321. The van der Waals surface area contributed by atoms with Gasteiger partial charge in [0.1, 0.15) is 0 Å². The summed E-state index contributed by atoms with van der Waals surface area (Å²) >= 11 is 0. The molecule has 2 aromatic carbocycles. The quantitative estimate of drug-likeness (QED) is 0.871. The van der Waals surface area contributed by atoms with Gasteiger partial charge in [-0.15, -0.1) is 0 Å². The van der Waals surface area contributed by atoms with Crippen LogP contribution in [0.4, 0.5) is 4.39 Å². The van der Waals surface area contributed by atoms with Gasteiger partial charge in [0.2, 0.25) is 0 Å². The van der Waals surface area contributed by atoms with Crippen LogP contribution in [0.5, 0.6) is 5.75 Å². The van der Waals surface area contributed by atoms with E-state index < -0.39 is 17.6 Å². The minimum atomic E-state index is -1.21. The third-order valence-electron chi connectivity index (χ3n) is 2.82. The lowest BCUT2D eigenvalue weighted by Crippen LogP contribution is -2.09. The van der Waals surface area contributed by atoms with Gasteiger partial charge < -0.3 is 9.84 Å². The Labute approximate surface area is 114 Å². The second kappa shape index (κ2) is 5.52. The summed E-state index contributed by atoms with van der Waals surface area (Å²) in [6.07, 6.45) is 0. The molecule has 0 aliphatic rings. The number of ether oxygens (including phenoxy) is 1. The fraction of sp³-hybridized carbons (Fsp3) is 0.0667. The molecule has 0 spiro atoms. The minimum absolute atomic E-state index is 0.0181. The number of carbonyl (C=O) groups excluding carboxylic acids is 1. The molecule has 4 nitrogen and oxygen atoms in total. The molecule has 0 heterocycles. The zero-order chi connectivity index (χ0) is 14.7. The lowest BCUT2D eigenvalue weighted by atomic mass is 9.98. The molecular formula is C15H11FO4. The van der Waals surface area contributed by atoms with E-state index in [2.05, 4.69) is 0 Å². The van der Waals surface area contributed by atoms with Gasteiger partial charge in [-0.25, -0.2) is 9.18 Å². The van der Waals surface area contributed by atoms with Crippen molar-refractivity contribution in [3.05, 3.63) is 65.0 Å². The van der Waals surface area contributed by atoms with Crippen molar-refractivity contribution in [1.82, 2.24) is 0 Å². The lowest BCUT2D eigenvalue weighted by Gasteiger charge is -2.07. The van der Waals surface area contributed by atoms with Crippen LogP contribution in [0.2, 0.25) is 0 Å². The molecule has 2 aromatic rings. The predicted octanol–water partition coefficient (Wildman–Crippen LogP) is 2.76. The Balaban J connectivity index is 2.47. The first kappa shape index (κ1) is 13.7. The SMILES string of the molecule is COc1ccc(C(=O)c2ccccc2C(=O)O)cc1F. The van der Waals surface area contributed by atoms with Crippen LogP contribution in [-0.4, -0.2) is 24.0 Å². The van der Waals surface area contributed by atoms with E-state index in [9.17, 15) is 14.0 Å². The predicted molar refractivity (Wildman–Crippen MR) is 69.8 cm³/mol. The molecular weight excluding hydrogens is 263 g/mol. The number of carboxylic acid groups (broad SMARTS) is 1. The molecule has 0 saturated heterocycles. The highest BCUT2D eigenvalue weighted by Gasteiger charge is 2.18. The molecule has 0 aromatic heterocycles. The standard InChI is InChI=1S/C15H11FO4/c1-20-13-7-6-9(8-12(13)16)14(17)10-4-2-3-5-11(10)15(18)19/h2-8H,1H3,(H,18,19). The summed E-state index contributed by atoms with van der Waals surface area (Å²) in [6, 6.07) is 9.55. The second-order valence-corrected chi connectivity index (χ2v) is 4.03. The van der Waals surface area contributed by atoms with Gasteiger partial charge in [0, 0.05) is 11.1 Å². The van der Waals surface area contributed by atoms with Gasteiger partial charge in [-0.05, 0) is 24.3 Å². The first-order valence-electron chi connectivity index (χ1n) is 5.75. The molecule has 2 rings (SSSR count). The van der Waals surface area contributed by atoms with Crippen LogP contribution in [0.25, 0.3) is 0 Å². The van der Waals surface area contributed by atoms with Crippen molar-refractivity contribution < 1.29 is 23.8 Å². The number of methoxy groups -OCH3 is 1. The Morgan fingerprint density at radius 3 is 2.30 bits per heavy atom. The Kier molecular flexibility index (Phi) is 3.79. The number of carbonyl (C=O) groups is 2. The fourth-order valence-corrected chi connectivity index (χ4v) is 1.83. The summed E-state index contributed by atoms with van der Waals surface area (Å²) in [5, 5.41) is 9.05. The highest BCUT2D eigenvalue weighted by molar-refractivity contribution is 6.14. The Morgan fingerprint density at radius 2 is 1.75 bits per heavy atom. The average molecular weight is 274 g/mol. The zero-order valence-corrected chi connectivity index (χ0v) is 10.6. The maximum atomic E-state index is 13.6. The van der Waals surface area contributed by atoms with E-state index in [1.54, 1.807) is 6.07 Å². The fourth-order valence-electron chi connectivity index (χ4n) is 1.83. The van der Waals surface area contributed by atoms with Crippen LogP contribution in [0.15, 0.2) is 42.5 Å². The van der Waals surface area contributed by atoms with E-state index >= 15 is 0 Å². The number of aromatic carboxylic acids is 1. The number of ketones is 1. The van der Waals surface area contributed by atoms with Crippen molar-refractivity contribution in [3.8, 4) is 5.75 Å². The van der Waals surface area contributed by atoms with Crippen molar-refractivity contribution >= 4 is 11.8 Å². The molecule has 0 aliphatic heterocycles. The summed E-state index contributed by atoms with van der Waals surface area (Å²) in [5.74, 6) is -2.41. The highest BCUT2D eigenvalue weighted by atomic mass is 19.1. The van der Waals surface area contributed by atoms with Crippen LogP contribution in [0.3, 0.4) is 0 Å². The van der Waals surface area contributed by atoms with Gasteiger partial charge in [0.05, 0.1) is 12.7 Å². The number of hydrogen-bond donors (Lipinski definition) is 1. The molecule has 5 heteroatoms. The molecule has 20 heavy (non-hydrogen) atoms. The number of rotatable bonds is 4. The first-order chi connectivity index (χ1) is 9.54. The van der Waals surface area contributed by atoms with E-state index in [1.165, 1.54) is 37.4 Å². The number of carboxylic acids is 1. The Hall–Kier alpha value is -2.69. The monoisotopic (exact) mass is 274 g/mol. The molecule has 1 N–H and O–H groups in total. The van der Waals surface area contributed by atoms with Gasteiger partial charge in [-0.3, -0.25) is 4.79 Å². The average Bonchev–Trinajstić information content (AvgIpc) is 2.46. The largest absolute Gasteiger partial charge is 0.494 e. The minimum Gasteiger partial charge on any atom is -0.494 e. The van der Waals surface area contributed by atoms with Crippen LogP contribution in [0.1, 0.15) is 26.3 Å². The molecule has 0 amide bonds. The number of halogens is 1. The van der Waals surface area contributed by atoms with Gasteiger partial charge in [0.25, 0.3) is 0 Å². The molecule has 0 unspecified atom stereocenters. The van der Waals surface area contributed by atoms with Crippen molar-refractivity contribution in [2.24, 2.45) is 0 Å². The Bertz CT molecular complexity index is 679. The summed E-state index contributed by atoms with van der Waals surface area (Å²) in [6.45, 7) is 0. The molecule has 0 fully saturated rings. The summed E-state index contributed by atoms with van der Waals surface area (Å²) in [4.78, 5) is 23.3. The van der Waals surface area contributed by atoms with Crippen LogP contribution in [0, 0.1) is 5.82 Å². The summed E-state index contributed by atoms with van der Waals surface area (Å²) < 4.78 is 18.4. The van der Waals surface area contributed by atoms with Crippen LogP contribution >= 0.6 is 0 Å². The van der Waals surface area contributed by atoms with Gasteiger partial charge in [-0.2, -0.15) is 0 Å². The van der Waals surface area contributed by atoms with E-state index in [1.807, 2.05) is 0 Å². The number of benzene rings is 2. The molecule has 0 atom stereocenters. The smallest absolute Gasteiger partial charge is 0.336 e. The molecule has 0 saturated carbocycles. The van der Waals surface area contributed by atoms with E-state index in [4.69, 9.17) is 9.84 Å². The molecule has 102 valence electrons. The van der Waals surface area contributed by atoms with Crippen LogP contribution < -0.4 is 4.74 Å². The van der Waals surface area contributed by atoms with Crippen molar-refractivity contribution in [2.75, 3.05) is 7.11 Å². The second-order valence-electron chi connectivity index (χ2n) is 4.03. The van der Waals surface area contributed by atoms with Gasteiger partial charge >= 0.3 is 5.97 Å². The topological polar surface area (TPSA) is 63.6 Å². The molecule has 0 radical (unpaired) electrons. The van der Waals surface area contributed by atoms with E-state index in [0.29, 0.717) is 0 Å². The maximum Gasteiger partial charge on any atom is 0.336 e. The lowest BCUT2D eigenvalue weighted by molar-refractivity contribution is 0.0693. The first-order valence-corrected chi connectivity index (χ1v) is 5.75. The van der Waals surface area contributed by atoms with Gasteiger partial charge in [0.15, 0.2) is 17.3 Å². The maximum absolute atomic E-state index is 13.6. The van der Waals surface area contributed by atoms with E-state index in [0.717, 1.165) is 6.07 Å². The number of hydrogen-bond acceptors (Lipinski definition) is 3. The van der Waals surface area contributed by atoms with E-state index in [-0.39, 0.29) is 22.4 Å². The van der Waals surface area contributed by atoms with Crippen molar-refractivity contribution in [1.29, 1.82) is 0 Å². The van der Waals surface area contributed by atoms with Crippen molar-refractivity contribution in [3.63, 3.8) is 0 Å². The third kappa shape index (κ3) is 2.51.